The Morgan fingerprint density at radius 2 is 1.61 bits per heavy atom. The number of nitro groups is 2. The Kier molecular flexibility index (Phi) is 7.03. The highest BCUT2D eigenvalue weighted by Gasteiger charge is 2.19. The van der Waals surface area contributed by atoms with Crippen LogP contribution in [-0.2, 0) is 9.47 Å². The second-order valence-corrected chi connectivity index (χ2v) is 4.35. The second-order valence-electron chi connectivity index (χ2n) is 4.35. The molecule has 1 aromatic carbocycles. The third-order valence-electron chi connectivity index (χ3n) is 2.76. The van der Waals surface area contributed by atoms with E-state index in [1.807, 2.05) is 0 Å². The average Bonchev–Trinajstić information content (AvgIpc) is 2.52. The SMILES string of the molecule is CCOC(CNC(=N)c1cc([N+](=O)[O-])cc([N+](=O)[O-])c1)OCC. The van der Waals surface area contributed by atoms with Crippen LogP contribution in [0.4, 0.5) is 11.4 Å². The fourth-order valence-corrected chi connectivity index (χ4v) is 1.78. The van der Waals surface area contributed by atoms with Gasteiger partial charge in [-0.3, -0.25) is 25.6 Å². The topological polar surface area (TPSA) is 141 Å². The largest absolute Gasteiger partial charge is 0.365 e. The van der Waals surface area contributed by atoms with Gasteiger partial charge in [0, 0.05) is 30.9 Å². The Balaban J connectivity index is 2.90. The van der Waals surface area contributed by atoms with Crippen LogP contribution in [0.2, 0.25) is 0 Å². The van der Waals surface area contributed by atoms with Crippen molar-refractivity contribution in [2.45, 2.75) is 20.1 Å². The molecule has 0 heterocycles. The number of ether oxygens (including phenoxy) is 2. The molecule has 23 heavy (non-hydrogen) atoms. The van der Waals surface area contributed by atoms with Gasteiger partial charge in [0.1, 0.15) is 5.84 Å². The highest BCUT2D eigenvalue weighted by atomic mass is 16.7. The molecule has 0 saturated carbocycles. The summed E-state index contributed by atoms with van der Waals surface area (Å²) in [6.45, 7) is 4.56. The van der Waals surface area contributed by atoms with Crippen LogP contribution in [0.1, 0.15) is 19.4 Å². The van der Waals surface area contributed by atoms with Gasteiger partial charge in [-0.1, -0.05) is 0 Å². The van der Waals surface area contributed by atoms with Gasteiger partial charge < -0.3 is 14.8 Å². The van der Waals surface area contributed by atoms with Crippen molar-refractivity contribution in [1.29, 1.82) is 5.41 Å². The lowest BCUT2D eigenvalue weighted by Gasteiger charge is -2.18. The van der Waals surface area contributed by atoms with Crippen molar-refractivity contribution in [3.05, 3.63) is 44.0 Å². The maximum Gasteiger partial charge on any atom is 0.277 e. The fraction of sp³-hybridized carbons (Fsp3) is 0.462. The Bertz CT molecular complexity index is 554. The zero-order valence-corrected chi connectivity index (χ0v) is 12.8. The molecule has 10 nitrogen and oxygen atoms in total. The van der Waals surface area contributed by atoms with Crippen molar-refractivity contribution < 1.29 is 19.3 Å². The molecule has 1 rings (SSSR count). The molecular formula is C13H18N4O6. The van der Waals surface area contributed by atoms with Gasteiger partial charge in [-0.2, -0.15) is 0 Å². The lowest BCUT2D eigenvalue weighted by atomic mass is 10.1. The van der Waals surface area contributed by atoms with Crippen LogP contribution in [-0.4, -0.2) is 41.7 Å². The molecule has 0 atom stereocenters. The number of hydrogen-bond acceptors (Lipinski definition) is 7. The van der Waals surface area contributed by atoms with Crippen molar-refractivity contribution in [3.8, 4) is 0 Å². The first-order valence-electron chi connectivity index (χ1n) is 6.88. The average molecular weight is 326 g/mol. The van der Waals surface area contributed by atoms with Crippen LogP contribution < -0.4 is 5.32 Å². The second kappa shape index (κ2) is 8.76. The molecule has 0 aliphatic heterocycles. The van der Waals surface area contributed by atoms with E-state index in [0.29, 0.717) is 13.2 Å². The number of amidine groups is 1. The third-order valence-corrected chi connectivity index (χ3v) is 2.76. The number of nitrogens with one attached hydrogen (secondary N) is 2. The summed E-state index contributed by atoms with van der Waals surface area (Å²) < 4.78 is 10.6. The monoisotopic (exact) mass is 326 g/mol. The number of non-ortho nitro benzene ring substituents is 2. The van der Waals surface area contributed by atoms with E-state index in [1.54, 1.807) is 13.8 Å². The van der Waals surface area contributed by atoms with Gasteiger partial charge >= 0.3 is 0 Å². The molecule has 0 spiro atoms. The van der Waals surface area contributed by atoms with E-state index in [9.17, 15) is 20.2 Å². The quantitative estimate of drug-likeness (QED) is 0.232. The summed E-state index contributed by atoms with van der Waals surface area (Å²) >= 11 is 0. The minimum atomic E-state index is -0.743. The summed E-state index contributed by atoms with van der Waals surface area (Å²) in [5.74, 6) is -0.193. The maximum atomic E-state index is 10.8. The fourth-order valence-electron chi connectivity index (χ4n) is 1.78. The molecule has 0 aliphatic carbocycles. The van der Waals surface area contributed by atoms with Crippen molar-refractivity contribution in [1.82, 2.24) is 5.32 Å². The van der Waals surface area contributed by atoms with E-state index >= 15 is 0 Å². The normalized spacial score (nSPS) is 10.6. The summed E-state index contributed by atoms with van der Waals surface area (Å²) in [4.78, 5) is 20.2. The molecule has 0 amide bonds. The standard InChI is InChI=1S/C13H18N4O6/c1-3-22-12(23-4-2)8-15-13(14)9-5-10(16(18)19)7-11(6-9)17(20)21/h5-7,12H,3-4,8H2,1-2H3,(H2,14,15). The molecule has 1 aromatic rings. The van der Waals surface area contributed by atoms with E-state index in [1.165, 1.54) is 0 Å². The van der Waals surface area contributed by atoms with Crippen molar-refractivity contribution in [3.63, 3.8) is 0 Å². The number of nitro benzene ring substituents is 2. The lowest BCUT2D eigenvalue weighted by molar-refractivity contribution is -0.394. The van der Waals surface area contributed by atoms with Gasteiger partial charge in [0.25, 0.3) is 11.4 Å². The number of benzene rings is 1. The summed E-state index contributed by atoms with van der Waals surface area (Å²) in [7, 11) is 0. The predicted octanol–water partition coefficient (Wildman–Crippen LogP) is 1.82. The van der Waals surface area contributed by atoms with Crippen molar-refractivity contribution >= 4 is 17.2 Å². The summed E-state index contributed by atoms with van der Waals surface area (Å²) in [6, 6.07) is 3.04. The van der Waals surface area contributed by atoms with E-state index in [2.05, 4.69) is 5.32 Å². The van der Waals surface area contributed by atoms with Gasteiger partial charge in [0.05, 0.1) is 22.5 Å². The molecule has 0 bridgehead atoms. The zero-order chi connectivity index (χ0) is 17.4. The van der Waals surface area contributed by atoms with Crippen LogP contribution in [0.15, 0.2) is 18.2 Å². The molecule has 10 heteroatoms. The number of rotatable bonds is 9. The molecule has 0 radical (unpaired) electrons. The summed E-state index contributed by atoms with van der Waals surface area (Å²) in [6.07, 6.45) is -0.584. The predicted molar refractivity (Wildman–Crippen MR) is 81.6 cm³/mol. The van der Waals surface area contributed by atoms with E-state index in [0.717, 1.165) is 18.2 Å². The minimum Gasteiger partial charge on any atom is -0.365 e. The third kappa shape index (κ3) is 5.60. The van der Waals surface area contributed by atoms with Crippen molar-refractivity contribution in [2.24, 2.45) is 0 Å². The molecule has 0 aliphatic rings. The number of hydrogen-bond donors (Lipinski definition) is 2. The van der Waals surface area contributed by atoms with Crippen LogP contribution in [0.5, 0.6) is 0 Å². The highest BCUT2D eigenvalue weighted by Crippen LogP contribution is 2.22. The Hall–Kier alpha value is -2.59. The van der Waals surface area contributed by atoms with Gasteiger partial charge in [-0.25, -0.2) is 0 Å². The van der Waals surface area contributed by atoms with Crippen molar-refractivity contribution in [2.75, 3.05) is 19.8 Å². The Morgan fingerprint density at radius 3 is 2.00 bits per heavy atom. The van der Waals surface area contributed by atoms with Crippen LogP contribution in [0.3, 0.4) is 0 Å². The Morgan fingerprint density at radius 1 is 1.13 bits per heavy atom. The maximum absolute atomic E-state index is 10.8. The van der Waals surface area contributed by atoms with E-state index in [-0.39, 0.29) is 17.9 Å². The smallest absolute Gasteiger partial charge is 0.277 e. The highest BCUT2D eigenvalue weighted by molar-refractivity contribution is 5.97. The van der Waals surface area contributed by atoms with Gasteiger partial charge in [0.2, 0.25) is 0 Å². The first-order chi connectivity index (χ1) is 10.9. The van der Waals surface area contributed by atoms with Crippen LogP contribution in [0.25, 0.3) is 0 Å². The molecular weight excluding hydrogens is 308 g/mol. The molecule has 126 valence electrons. The molecule has 2 N–H and O–H groups in total. The lowest BCUT2D eigenvalue weighted by Crippen LogP contribution is -2.35. The molecule has 0 saturated heterocycles. The molecule has 0 aromatic heterocycles. The molecule has 0 fully saturated rings. The first kappa shape index (κ1) is 18.5. The zero-order valence-electron chi connectivity index (χ0n) is 12.8. The van der Waals surface area contributed by atoms with E-state index < -0.39 is 27.5 Å². The Labute approximate surface area is 132 Å². The van der Waals surface area contributed by atoms with E-state index in [4.69, 9.17) is 14.9 Å². The summed E-state index contributed by atoms with van der Waals surface area (Å²) in [5.41, 5.74) is -0.864. The van der Waals surface area contributed by atoms with Crippen LogP contribution in [0, 0.1) is 25.6 Å². The summed E-state index contributed by atoms with van der Waals surface area (Å²) in [5, 5.41) is 32.3. The van der Waals surface area contributed by atoms with Gasteiger partial charge in [-0.15, -0.1) is 0 Å². The minimum absolute atomic E-state index is 0.0395. The number of nitrogens with zero attached hydrogens (tertiary/aromatic N) is 2. The van der Waals surface area contributed by atoms with Crippen LogP contribution >= 0.6 is 0 Å². The first-order valence-corrected chi connectivity index (χ1v) is 6.88. The molecule has 0 unspecified atom stereocenters. The van der Waals surface area contributed by atoms with Gasteiger partial charge in [0.15, 0.2) is 6.29 Å². The van der Waals surface area contributed by atoms with Gasteiger partial charge in [-0.05, 0) is 13.8 Å².